The molecule has 3 aromatic carbocycles. The number of fused-ring (bicyclic) bond motifs is 2. The number of guanidine groups is 1. The van der Waals surface area contributed by atoms with Crippen LogP contribution < -0.4 is 66.3 Å². The van der Waals surface area contributed by atoms with E-state index in [0.717, 1.165) is 37.9 Å². The zero-order chi connectivity index (χ0) is 58.8. The lowest BCUT2D eigenvalue weighted by Gasteiger charge is -2.31. The minimum absolute atomic E-state index is 0.0107. The fourth-order valence-corrected chi connectivity index (χ4v) is 12.2. The molecule has 0 bridgehead atoms. The number of amides is 11. The van der Waals surface area contributed by atoms with Crippen LogP contribution in [0.15, 0.2) is 77.8 Å². The van der Waals surface area contributed by atoms with E-state index < -0.39 is 139 Å². The normalized spacial score (nSPS) is 23.6. The van der Waals surface area contributed by atoms with Crippen LogP contribution in [0.3, 0.4) is 0 Å². The summed E-state index contributed by atoms with van der Waals surface area (Å²) in [7, 11) is 2.12. The number of likely N-dealkylation sites (tertiary alicyclic amines) is 1. The maximum absolute atomic E-state index is 14.8. The van der Waals surface area contributed by atoms with Gasteiger partial charge < -0.3 is 76.1 Å². The summed E-state index contributed by atoms with van der Waals surface area (Å²) < 4.78 is 0. The van der Waals surface area contributed by atoms with E-state index in [0.29, 0.717) is 18.4 Å². The molecule has 11 amide bonds. The van der Waals surface area contributed by atoms with Gasteiger partial charge in [-0.3, -0.25) is 57.7 Å². The number of hydrogen-bond donors (Lipinski definition) is 12. The van der Waals surface area contributed by atoms with Crippen molar-refractivity contribution in [1.29, 1.82) is 0 Å². The lowest BCUT2D eigenvalue weighted by atomic mass is 9.95. The van der Waals surface area contributed by atoms with Crippen molar-refractivity contribution < 1.29 is 52.7 Å². The third-order valence-corrected chi connectivity index (χ3v) is 16.4. The predicted octanol–water partition coefficient (Wildman–Crippen LogP) is -3.22. The van der Waals surface area contributed by atoms with E-state index in [9.17, 15) is 52.7 Å². The maximum Gasteiger partial charge on any atom is 0.246 e. The Bertz CT molecular complexity index is 2840. The number of nitrogens with one attached hydrogen (secondary N) is 6. The standard InChI is InChI=1S/C53H71N15O11S2/c54-34-27-80-81-28-39(52(79)67-19-7-13-40(67)49(76)63-35(12-6-18-60-53(58)59)45(72)61-25-44(57)71)66-48(75)38(24-43(56)70)64-46(73)36(16-17-42(55)69)62-47(74)37(22-29-8-2-1-3-9-29)65-50(77)41-23-31(26-68(41)51(34)78)20-30-14-15-32-10-4-5-11-33(32)21-30/h1-5,8-11,14-15,21,31,34-41H,6-7,12-13,16-20,22-28,54H2,(H2,55,69)(H2,56,70)(H2,57,71)(H,61,72)(H,62,74)(H,63,76)(H,64,73)(H,65,77)(H,66,75)(H4,58,59,60)/t31-,34+,35-,36+,37+,38+,39+,40+,41+/m1/s1. The lowest BCUT2D eigenvalue weighted by molar-refractivity contribution is -0.142. The number of benzene rings is 3. The van der Waals surface area contributed by atoms with E-state index in [1.807, 2.05) is 36.4 Å². The summed E-state index contributed by atoms with van der Waals surface area (Å²) in [6.45, 7) is -0.276. The number of primary amides is 3. The zero-order valence-corrected chi connectivity index (χ0v) is 46.2. The van der Waals surface area contributed by atoms with Gasteiger partial charge in [0.2, 0.25) is 65.0 Å². The largest absolute Gasteiger partial charge is 0.370 e. The van der Waals surface area contributed by atoms with Crippen molar-refractivity contribution in [2.24, 2.45) is 45.3 Å². The molecule has 3 aliphatic rings. The number of carbonyl (C=O) groups excluding carboxylic acids is 11. The van der Waals surface area contributed by atoms with Gasteiger partial charge in [0.15, 0.2) is 5.96 Å². The van der Waals surface area contributed by atoms with Crippen molar-refractivity contribution in [2.45, 2.75) is 113 Å². The maximum atomic E-state index is 14.8. The van der Waals surface area contributed by atoms with Crippen molar-refractivity contribution in [3.63, 3.8) is 0 Å². The summed E-state index contributed by atoms with van der Waals surface area (Å²) in [5, 5.41) is 17.5. The first kappa shape index (κ1) is 62.2. The molecule has 0 aliphatic carbocycles. The highest BCUT2D eigenvalue weighted by atomic mass is 33.1. The van der Waals surface area contributed by atoms with Gasteiger partial charge in [0.05, 0.1) is 19.0 Å². The number of carbonyl (C=O) groups is 11. The highest BCUT2D eigenvalue weighted by molar-refractivity contribution is 8.76. The Morgan fingerprint density at radius 1 is 0.716 bits per heavy atom. The molecule has 3 aromatic rings. The van der Waals surface area contributed by atoms with Crippen LogP contribution in [0.5, 0.6) is 0 Å². The van der Waals surface area contributed by atoms with E-state index in [2.05, 4.69) is 43.0 Å². The molecule has 3 aliphatic heterocycles. The second-order valence-electron chi connectivity index (χ2n) is 20.2. The van der Waals surface area contributed by atoms with Gasteiger partial charge in [0.1, 0.15) is 42.3 Å². The Labute approximate surface area is 475 Å². The van der Waals surface area contributed by atoms with Gasteiger partial charge in [0, 0.05) is 44.0 Å². The zero-order valence-electron chi connectivity index (χ0n) is 44.6. The fourth-order valence-electron chi connectivity index (χ4n) is 9.91. The molecule has 3 fully saturated rings. The Hall–Kier alpha value is -7.98. The Morgan fingerprint density at radius 2 is 1.38 bits per heavy atom. The van der Waals surface area contributed by atoms with Crippen LogP contribution in [0.2, 0.25) is 0 Å². The number of hydrogen-bond acceptors (Lipinski definition) is 15. The molecule has 0 spiro atoms. The van der Waals surface area contributed by atoms with Crippen LogP contribution in [0, 0.1) is 5.92 Å². The second-order valence-corrected chi connectivity index (χ2v) is 22.7. The van der Waals surface area contributed by atoms with Crippen molar-refractivity contribution >= 4 is 103 Å². The van der Waals surface area contributed by atoms with Crippen molar-refractivity contribution in [3.8, 4) is 0 Å². The molecule has 3 saturated heterocycles. The third-order valence-electron chi connectivity index (χ3n) is 13.9. The fraction of sp³-hybridized carbons (Fsp3) is 0.472. The average molecular weight is 1160 g/mol. The molecule has 6 rings (SSSR count). The van der Waals surface area contributed by atoms with Crippen LogP contribution in [0.1, 0.15) is 62.5 Å². The highest BCUT2D eigenvalue weighted by Gasteiger charge is 2.44. The van der Waals surface area contributed by atoms with Gasteiger partial charge in [-0.2, -0.15) is 0 Å². The van der Waals surface area contributed by atoms with E-state index in [4.69, 9.17) is 34.4 Å². The SMILES string of the molecule is NC(=O)CC[C@@H]1NC(=O)[C@H](Cc2ccccc2)NC(=O)[C@@H]2C[C@@H](Cc3ccc4ccccc4c3)CN2C(=O)[C@@H](N)CSSC[C@@H](C(=O)N2CCC[C@H]2C(=O)N[C@H](CCCN=C(N)N)C(=O)NCC(N)=O)NC(=O)[C@H](CC(N)=O)NC1=O. The van der Waals surface area contributed by atoms with Gasteiger partial charge in [0.25, 0.3) is 0 Å². The Morgan fingerprint density at radius 3 is 2.09 bits per heavy atom. The quantitative estimate of drug-likeness (QED) is 0.0243. The molecule has 81 heavy (non-hydrogen) atoms. The molecule has 436 valence electrons. The molecule has 9 atom stereocenters. The average Bonchev–Trinajstić information content (AvgIpc) is 4.19. The first-order chi connectivity index (χ1) is 38.7. The van der Waals surface area contributed by atoms with Crippen molar-refractivity contribution in [1.82, 2.24) is 41.7 Å². The highest BCUT2D eigenvalue weighted by Crippen LogP contribution is 2.31. The summed E-state index contributed by atoms with van der Waals surface area (Å²) in [5.41, 5.74) is 35.4. The summed E-state index contributed by atoms with van der Waals surface area (Å²) in [5.74, 6) is -9.95. The van der Waals surface area contributed by atoms with Crippen LogP contribution in [-0.2, 0) is 65.6 Å². The number of aliphatic imine (C=N–C) groups is 1. The molecule has 28 heteroatoms. The summed E-state index contributed by atoms with van der Waals surface area (Å²) >= 11 is 0. The lowest BCUT2D eigenvalue weighted by Crippen LogP contribution is -2.61. The van der Waals surface area contributed by atoms with Crippen LogP contribution >= 0.6 is 21.6 Å². The summed E-state index contributed by atoms with van der Waals surface area (Å²) in [6, 6.07) is 11.6. The van der Waals surface area contributed by atoms with E-state index in [1.54, 1.807) is 30.3 Å². The van der Waals surface area contributed by atoms with E-state index in [-0.39, 0.29) is 75.1 Å². The molecular formula is C53H71N15O11S2. The third kappa shape index (κ3) is 18.5. The first-order valence-electron chi connectivity index (χ1n) is 26.5. The van der Waals surface area contributed by atoms with Gasteiger partial charge in [-0.25, -0.2) is 0 Å². The minimum Gasteiger partial charge on any atom is -0.370 e. The van der Waals surface area contributed by atoms with Gasteiger partial charge in [-0.15, -0.1) is 0 Å². The van der Waals surface area contributed by atoms with Gasteiger partial charge in [-0.1, -0.05) is 94.4 Å². The number of nitrogens with zero attached hydrogens (tertiary/aromatic N) is 3. The molecule has 18 N–H and O–H groups in total. The van der Waals surface area contributed by atoms with Gasteiger partial charge >= 0.3 is 0 Å². The summed E-state index contributed by atoms with van der Waals surface area (Å²) in [6.07, 6.45) is -0.374. The topological polar surface area (TPSA) is 435 Å². The van der Waals surface area contributed by atoms with E-state index in [1.165, 1.54) is 9.80 Å². The molecule has 3 heterocycles. The molecule has 26 nitrogen and oxygen atoms in total. The van der Waals surface area contributed by atoms with Crippen molar-refractivity contribution in [3.05, 3.63) is 83.9 Å². The Kier molecular flexibility index (Phi) is 23.1. The van der Waals surface area contributed by atoms with Crippen LogP contribution in [0.4, 0.5) is 0 Å². The Balaban J connectivity index is 1.31. The predicted molar refractivity (Wildman–Crippen MR) is 303 cm³/mol. The molecule has 0 aromatic heterocycles. The second kappa shape index (κ2) is 30.0. The van der Waals surface area contributed by atoms with Crippen LogP contribution in [-0.4, -0.2) is 167 Å². The minimum atomic E-state index is -1.78. The van der Waals surface area contributed by atoms with Gasteiger partial charge in [-0.05, 0) is 72.8 Å². The monoisotopic (exact) mass is 1160 g/mol. The molecular weight excluding hydrogens is 1090 g/mol. The summed E-state index contributed by atoms with van der Waals surface area (Å²) in [4.78, 5) is 157. The van der Waals surface area contributed by atoms with E-state index >= 15 is 0 Å². The molecule has 0 unspecified atom stereocenters. The number of rotatable bonds is 19. The smallest absolute Gasteiger partial charge is 0.246 e. The number of nitrogens with two attached hydrogens (primary N) is 6. The molecule has 0 saturated carbocycles. The van der Waals surface area contributed by atoms with Crippen LogP contribution in [0.25, 0.3) is 10.8 Å². The first-order valence-corrected chi connectivity index (χ1v) is 29.0. The molecule has 0 radical (unpaired) electrons. The van der Waals surface area contributed by atoms with Crippen molar-refractivity contribution in [2.75, 3.05) is 37.7 Å².